The Hall–Kier alpha value is -4.02. The van der Waals surface area contributed by atoms with Crippen LogP contribution in [-0.2, 0) is 11.4 Å². The van der Waals surface area contributed by atoms with Gasteiger partial charge in [-0.1, -0.05) is 43.3 Å². The molecule has 35 heavy (non-hydrogen) atoms. The molecule has 1 aliphatic rings. The van der Waals surface area contributed by atoms with Crippen molar-refractivity contribution in [2.24, 2.45) is 4.99 Å². The number of nitrogens with zero attached hydrogens (tertiary/aromatic N) is 3. The first kappa shape index (κ1) is 24.1. The van der Waals surface area contributed by atoms with E-state index in [-0.39, 0.29) is 12.5 Å². The highest BCUT2D eigenvalue weighted by Crippen LogP contribution is 2.36. The molecule has 1 aliphatic heterocycles. The molecule has 0 bridgehead atoms. The number of methoxy groups -OCH3 is 1. The van der Waals surface area contributed by atoms with Gasteiger partial charge in [0.1, 0.15) is 18.1 Å². The van der Waals surface area contributed by atoms with Gasteiger partial charge in [-0.15, -0.1) is 0 Å². The van der Waals surface area contributed by atoms with Crippen LogP contribution in [-0.4, -0.2) is 29.6 Å². The van der Waals surface area contributed by atoms with Crippen LogP contribution < -0.4 is 9.47 Å². The smallest absolute Gasteiger partial charge is 0.266 e. The minimum absolute atomic E-state index is 0.0752. The summed E-state index contributed by atoms with van der Waals surface area (Å²) in [6, 6.07) is 24.5. The maximum Gasteiger partial charge on any atom is 0.266 e. The number of ether oxygens (including phenoxy) is 2. The summed E-state index contributed by atoms with van der Waals surface area (Å²) in [7, 11) is 1.62. The van der Waals surface area contributed by atoms with E-state index >= 15 is 0 Å². The summed E-state index contributed by atoms with van der Waals surface area (Å²) in [5.41, 5.74) is 2.94. The standard InChI is InChI=1S/C28H25N3O3S/c1-3-16-31-27(32)26(35-28(31)30-23-12-14-24(33-2)15-13-23)17-20-8-6-7-11-25(20)34-19-22-10-5-4-9-21(22)18-29/h4-15,17H,3,16,19H2,1-2H3. The first-order chi connectivity index (χ1) is 17.1. The van der Waals surface area contributed by atoms with E-state index < -0.39 is 0 Å². The lowest BCUT2D eigenvalue weighted by Gasteiger charge is -2.14. The molecule has 0 spiro atoms. The first-order valence-electron chi connectivity index (χ1n) is 11.3. The molecule has 0 aliphatic carbocycles. The predicted octanol–water partition coefficient (Wildman–Crippen LogP) is 6.16. The maximum atomic E-state index is 13.2. The van der Waals surface area contributed by atoms with Gasteiger partial charge < -0.3 is 9.47 Å². The van der Waals surface area contributed by atoms with Gasteiger partial charge in [-0.25, -0.2) is 4.99 Å². The summed E-state index contributed by atoms with van der Waals surface area (Å²) < 4.78 is 11.3. The molecule has 0 aromatic heterocycles. The van der Waals surface area contributed by atoms with Gasteiger partial charge in [0.15, 0.2) is 5.17 Å². The van der Waals surface area contributed by atoms with Crippen LogP contribution >= 0.6 is 11.8 Å². The van der Waals surface area contributed by atoms with Gasteiger partial charge in [0, 0.05) is 17.7 Å². The molecule has 1 fully saturated rings. The Bertz CT molecular complexity index is 1310. The van der Waals surface area contributed by atoms with Gasteiger partial charge in [0.05, 0.1) is 29.3 Å². The Kier molecular flexibility index (Phi) is 7.86. The second-order valence-electron chi connectivity index (χ2n) is 7.76. The number of amidine groups is 1. The molecular weight excluding hydrogens is 458 g/mol. The lowest BCUT2D eigenvalue weighted by Crippen LogP contribution is -2.29. The zero-order chi connectivity index (χ0) is 24.6. The summed E-state index contributed by atoms with van der Waals surface area (Å²) in [6.07, 6.45) is 2.66. The highest BCUT2D eigenvalue weighted by molar-refractivity contribution is 8.18. The third kappa shape index (κ3) is 5.73. The normalized spacial score (nSPS) is 15.5. The summed E-state index contributed by atoms with van der Waals surface area (Å²) in [6.45, 7) is 2.88. The van der Waals surface area contributed by atoms with Crippen molar-refractivity contribution in [2.45, 2.75) is 20.0 Å². The van der Waals surface area contributed by atoms with E-state index in [1.54, 1.807) is 18.1 Å². The quantitative estimate of drug-likeness (QED) is 0.359. The highest BCUT2D eigenvalue weighted by atomic mass is 32.2. The van der Waals surface area contributed by atoms with Crippen LogP contribution in [0.4, 0.5) is 5.69 Å². The van der Waals surface area contributed by atoms with Crippen LogP contribution in [0.3, 0.4) is 0 Å². The van der Waals surface area contributed by atoms with Gasteiger partial charge in [0.2, 0.25) is 0 Å². The third-order valence-electron chi connectivity index (χ3n) is 5.36. The summed E-state index contributed by atoms with van der Waals surface area (Å²) >= 11 is 1.35. The van der Waals surface area contributed by atoms with E-state index in [1.807, 2.05) is 79.7 Å². The summed E-state index contributed by atoms with van der Waals surface area (Å²) in [5, 5.41) is 9.98. The van der Waals surface area contributed by atoms with Gasteiger partial charge >= 0.3 is 0 Å². The predicted molar refractivity (Wildman–Crippen MR) is 140 cm³/mol. The number of amides is 1. The van der Waals surface area contributed by atoms with Gasteiger partial charge in [0.25, 0.3) is 5.91 Å². The van der Waals surface area contributed by atoms with Crippen LogP contribution in [0.5, 0.6) is 11.5 Å². The number of para-hydroxylation sites is 1. The maximum absolute atomic E-state index is 13.2. The van der Waals surface area contributed by atoms with Crippen molar-refractivity contribution in [3.63, 3.8) is 0 Å². The lowest BCUT2D eigenvalue weighted by molar-refractivity contribution is -0.122. The average molecular weight is 484 g/mol. The number of carbonyl (C=O) groups is 1. The van der Waals surface area contributed by atoms with Crippen molar-refractivity contribution in [2.75, 3.05) is 13.7 Å². The molecule has 6 nitrogen and oxygen atoms in total. The van der Waals surface area contributed by atoms with Crippen molar-refractivity contribution in [1.82, 2.24) is 4.90 Å². The van der Waals surface area contributed by atoms with Crippen LogP contribution in [0, 0.1) is 11.3 Å². The molecule has 0 N–H and O–H groups in total. The Labute approximate surface area is 209 Å². The largest absolute Gasteiger partial charge is 0.497 e. The van der Waals surface area contributed by atoms with E-state index in [9.17, 15) is 10.1 Å². The molecule has 1 saturated heterocycles. The first-order valence-corrected chi connectivity index (χ1v) is 12.1. The Morgan fingerprint density at radius 1 is 1.06 bits per heavy atom. The van der Waals surface area contributed by atoms with Crippen molar-refractivity contribution in [1.29, 1.82) is 5.26 Å². The van der Waals surface area contributed by atoms with E-state index in [1.165, 1.54) is 11.8 Å². The summed E-state index contributed by atoms with van der Waals surface area (Å²) in [5.74, 6) is 1.32. The molecule has 0 radical (unpaired) electrons. The van der Waals surface area contributed by atoms with E-state index in [0.29, 0.717) is 27.9 Å². The molecule has 0 atom stereocenters. The van der Waals surface area contributed by atoms with Gasteiger partial charge in [-0.05, 0) is 60.7 Å². The molecular formula is C28H25N3O3S. The van der Waals surface area contributed by atoms with Crippen LogP contribution in [0.2, 0.25) is 0 Å². The van der Waals surface area contributed by atoms with Crippen molar-refractivity contribution in [3.8, 4) is 17.6 Å². The Morgan fingerprint density at radius 3 is 2.54 bits per heavy atom. The van der Waals surface area contributed by atoms with E-state index in [0.717, 1.165) is 29.0 Å². The molecule has 176 valence electrons. The fourth-order valence-electron chi connectivity index (χ4n) is 3.56. The third-order valence-corrected chi connectivity index (χ3v) is 6.37. The second kappa shape index (κ2) is 11.4. The fraction of sp³-hybridized carbons (Fsp3) is 0.179. The van der Waals surface area contributed by atoms with Crippen molar-refractivity contribution >= 4 is 34.6 Å². The van der Waals surface area contributed by atoms with Crippen LogP contribution in [0.15, 0.2) is 82.7 Å². The minimum atomic E-state index is -0.0752. The molecule has 0 unspecified atom stereocenters. The number of aliphatic imine (C=N–C) groups is 1. The lowest BCUT2D eigenvalue weighted by atomic mass is 10.1. The highest BCUT2D eigenvalue weighted by Gasteiger charge is 2.33. The SMILES string of the molecule is CCCN1C(=O)C(=Cc2ccccc2OCc2ccccc2C#N)SC1=Nc1ccc(OC)cc1. The number of nitriles is 1. The van der Waals surface area contributed by atoms with Gasteiger partial charge in [-0.2, -0.15) is 5.26 Å². The number of benzene rings is 3. The van der Waals surface area contributed by atoms with Crippen molar-refractivity contribution < 1.29 is 14.3 Å². The Balaban J connectivity index is 1.59. The monoisotopic (exact) mass is 483 g/mol. The topological polar surface area (TPSA) is 74.9 Å². The average Bonchev–Trinajstić information content (AvgIpc) is 3.18. The second-order valence-corrected chi connectivity index (χ2v) is 8.76. The summed E-state index contributed by atoms with van der Waals surface area (Å²) in [4.78, 5) is 20.3. The molecule has 0 saturated carbocycles. The molecule has 3 aromatic rings. The van der Waals surface area contributed by atoms with Gasteiger partial charge in [-0.3, -0.25) is 9.69 Å². The van der Waals surface area contributed by atoms with Crippen LogP contribution in [0.1, 0.15) is 30.0 Å². The molecule has 1 amide bonds. The Morgan fingerprint density at radius 2 is 1.80 bits per heavy atom. The van der Waals surface area contributed by atoms with Crippen molar-refractivity contribution in [3.05, 3.63) is 94.4 Å². The fourth-order valence-corrected chi connectivity index (χ4v) is 4.58. The van der Waals surface area contributed by atoms with E-state index in [4.69, 9.17) is 14.5 Å². The van der Waals surface area contributed by atoms with Crippen LogP contribution in [0.25, 0.3) is 6.08 Å². The molecule has 3 aromatic carbocycles. The number of carbonyl (C=O) groups excluding carboxylic acids is 1. The number of hydrogen-bond donors (Lipinski definition) is 0. The molecule has 1 heterocycles. The number of rotatable bonds is 8. The number of hydrogen-bond acceptors (Lipinski definition) is 6. The molecule has 4 rings (SSSR count). The number of thioether (sulfide) groups is 1. The molecule has 7 heteroatoms. The zero-order valence-corrected chi connectivity index (χ0v) is 20.4. The zero-order valence-electron chi connectivity index (χ0n) is 19.6. The minimum Gasteiger partial charge on any atom is -0.497 e. The van der Waals surface area contributed by atoms with E-state index in [2.05, 4.69) is 6.07 Å².